The first-order chi connectivity index (χ1) is 14.0. The number of nitrogens with zero attached hydrogens (tertiary/aromatic N) is 3. The van der Waals surface area contributed by atoms with Crippen LogP contribution in [0.1, 0.15) is 48.2 Å². The number of methoxy groups -OCH3 is 1. The van der Waals surface area contributed by atoms with Gasteiger partial charge in [0.25, 0.3) is 0 Å². The van der Waals surface area contributed by atoms with E-state index in [1.54, 1.807) is 44.2 Å². The Morgan fingerprint density at radius 3 is 2.28 bits per heavy atom. The van der Waals surface area contributed by atoms with Crippen molar-refractivity contribution in [2.24, 2.45) is 5.41 Å². The number of aromatic nitrogens is 3. The normalized spacial score (nSPS) is 17.3. The lowest BCUT2D eigenvalue weighted by Crippen LogP contribution is -2.49. The maximum Gasteiger partial charge on any atom is 0.324 e. The summed E-state index contributed by atoms with van der Waals surface area (Å²) >= 11 is 0. The molecule has 9 heteroatoms. The number of hydrogen-bond acceptors (Lipinski definition) is 8. The van der Waals surface area contributed by atoms with E-state index in [1.165, 1.54) is 11.8 Å². The van der Waals surface area contributed by atoms with Crippen LogP contribution in [0, 0.1) is 5.41 Å². The number of esters is 2. The number of fused-ring (bicyclic) bond motifs is 1. The van der Waals surface area contributed by atoms with Gasteiger partial charge in [0, 0.05) is 25.5 Å². The van der Waals surface area contributed by atoms with E-state index in [-0.39, 0.29) is 37.5 Å². The van der Waals surface area contributed by atoms with E-state index in [0.717, 1.165) is 0 Å². The van der Waals surface area contributed by atoms with Crippen LogP contribution in [0.2, 0.25) is 0 Å². The van der Waals surface area contributed by atoms with Gasteiger partial charge in [-0.2, -0.15) is 0 Å². The molecule has 3 rings (SSSR count). The van der Waals surface area contributed by atoms with Crippen molar-refractivity contribution >= 4 is 17.7 Å². The van der Waals surface area contributed by atoms with E-state index in [2.05, 4.69) is 10.3 Å². The highest BCUT2D eigenvalue weighted by Gasteiger charge is 2.55. The van der Waals surface area contributed by atoms with Gasteiger partial charge < -0.3 is 14.2 Å². The predicted molar refractivity (Wildman–Crippen MR) is 100.0 cm³/mol. The van der Waals surface area contributed by atoms with E-state index in [0.29, 0.717) is 11.3 Å². The van der Waals surface area contributed by atoms with E-state index < -0.39 is 23.6 Å². The largest absolute Gasteiger partial charge is 0.465 e. The van der Waals surface area contributed by atoms with Crippen molar-refractivity contribution in [3.63, 3.8) is 0 Å². The van der Waals surface area contributed by atoms with E-state index in [4.69, 9.17) is 14.2 Å². The summed E-state index contributed by atoms with van der Waals surface area (Å²) < 4.78 is 17.3. The molecule has 2 aromatic rings. The van der Waals surface area contributed by atoms with Gasteiger partial charge in [0.05, 0.1) is 18.9 Å². The van der Waals surface area contributed by atoms with Gasteiger partial charge in [-0.25, -0.2) is 4.68 Å². The van der Waals surface area contributed by atoms with Crippen molar-refractivity contribution in [2.45, 2.75) is 32.9 Å². The Labute approximate surface area is 167 Å². The van der Waals surface area contributed by atoms with Crippen LogP contribution >= 0.6 is 0 Å². The third kappa shape index (κ3) is 3.65. The second-order valence-corrected chi connectivity index (χ2v) is 6.62. The summed E-state index contributed by atoms with van der Waals surface area (Å²) in [5.74, 6) is -1.79. The molecule has 0 aliphatic carbocycles. The lowest BCUT2D eigenvalue weighted by molar-refractivity contribution is -0.179. The molecule has 1 aromatic carbocycles. The first-order valence-corrected chi connectivity index (χ1v) is 9.39. The standard InChI is InChI=1S/C20H23N3O6/c1-4-28-18(25)20(19(26)29-5-2)11-14-16(17(24)13-9-7-6-8-10-13)21-22-23(14)15(12-20)27-3/h6-10,15H,4-5,11-12H2,1-3H3. The smallest absolute Gasteiger partial charge is 0.324 e. The maximum absolute atomic E-state index is 13.0. The fourth-order valence-electron chi connectivity index (χ4n) is 3.47. The average molecular weight is 401 g/mol. The van der Waals surface area contributed by atoms with Gasteiger partial charge in [-0.3, -0.25) is 14.4 Å². The molecule has 1 aliphatic rings. The lowest BCUT2D eigenvalue weighted by Gasteiger charge is -2.36. The fraction of sp³-hybridized carbons (Fsp3) is 0.450. The highest BCUT2D eigenvalue weighted by molar-refractivity contribution is 6.09. The zero-order valence-corrected chi connectivity index (χ0v) is 16.6. The molecule has 0 bridgehead atoms. The molecule has 0 fully saturated rings. The van der Waals surface area contributed by atoms with Crippen molar-refractivity contribution < 1.29 is 28.6 Å². The monoisotopic (exact) mass is 401 g/mol. The Kier molecular flexibility index (Phi) is 6.07. The highest BCUT2D eigenvalue weighted by Crippen LogP contribution is 2.41. The molecule has 2 heterocycles. The van der Waals surface area contributed by atoms with Gasteiger partial charge in [0.1, 0.15) is 0 Å². The van der Waals surface area contributed by atoms with Gasteiger partial charge >= 0.3 is 11.9 Å². The molecule has 154 valence electrons. The Hall–Kier alpha value is -3.07. The van der Waals surface area contributed by atoms with Crippen LogP contribution < -0.4 is 0 Å². The van der Waals surface area contributed by atoms with Crippen LogP contribution in [0.5, 0.6) is 0 Å². The molecule has 9 nitrogen and oxygen atoms in total. The minimum Gasteiger partial charge on any atom is -0.465 e. The average Bonchev–Trinajstić information content (AvgIpc) is 3.17. The summed E-state index contributed by atoms with van der Waals surface area (Å²) in [5.41, 5.74) is -0.821. The minimum absolute atomic E-state index is 0.0313. The van der Waals surface area contributed by atoms with Crippen molar-refractivity contribution in [1.29, 1.82) is 0 Å². The molecule has 29 heavy (non-hydrogen) atoms. The second-order valence-electron chi connectivity index (χ2n) is 6.62. The molecular weight excluding hydrogens is 378 g/mol. The van der Waals surface area contributed by atoms with Crippen LogP contribution in [0.15, 0.2) is 30.3 Å². The SMILES string of the molecule is CCOC(=O)C1(C(=O)OCC)Cc2c(C(=O)c3ccccc3)nnn2C(OC)C1. The van der Waals surface area contributed by atoms with Crippen LogP contribution in [-0.4, -0.2) is 53.0 Å². The van der Waals surface area contributed by atoms with Gasteiger partial charge in [0.2, 0.25) is 5.78 Å². The van der Waals surface area contributed by atoms with Crippen LogP contribution in [0.4, 0.5) is 0 Å². The number of carbonyl (C=O) groups excluding carboxylic acids is 3. The fourth-order valence-corrected chi connectivity index (χ4v) is 3.47. The van der Waals surface area contributed by atoms with Crippen LogP contribution in [-0.2, 0) is 30.2 Å². The molecule has 1 unspecified atom stereocenters. The molecule has 0 spiro atoms. The van der Waals surface area contributed by atoms with Gasteiger partial charge in [-0.1, -0.05) is 35.5 Å². The van der Waals surface area contributed by atoms with Crippen LogP contribution in [0.3, 0.4) is 0 Å². The molecule has 1 aliphatic heterocycles. The van der Waals surface area contributed by atoms with Crippen molar-refractivity contribution in [1.82, 2.24) is 15.0 Å². The second kappa shape index (κ2) is 8.52. The topological polar surface area (TPSA) is 110 Å². The van der Waals surface area contributed by atoms with Crippen LogP contribution in [0.25, 0.3) is 0 Å². The Bertz CT molecular complexity index is 890. The number of ether oxygens (including phenoxy) is 3. The highest BCUT2D eigenvalue weighted by atomic mass is 16.6. The van der Waals surface area contributed by atoms with E-state index in [1.807, 2.05) is 0 Å². The minimum atomic E-state index is -1.64. The lowest BCUT2D eigenvalue weighted by atomic mass is 9.76. The Morgan fingerprint density at radius 2 is 1.72 bits per heavy atom. The maximum atomic E-state index is 13.0. The third-order valence-electron chi connectivity index (χ3n) is 4.91. The van der Waals surface area contributed by atoms with Gasteiger partial charge in [-0.15, -0.1) is 5.10 Å². The number of ketones is 1. The number of benzene rings is 1. The molecule has 0 amide bonds. The summed E-state index contributed by atoms with van der Waals surface area (Å²) in [4.78, 5) is 38.7. The number of hydrogen-bond donors (Lipinski definition) is 0. The third-order valence-corrected chi connectivity index (χ3v) is 4.91. The van der Waals surface area contributed by atoms with Crippen molar-refractivity contribution in [2.75, 3.05) is 20.3 Å². The number of carbonyl (C=O) groups is 3. The quantitative estimate of drug-likeness (QED) is 0.392. The molecule has 0 saturated carbocycles. The summed E-state index contributed by atoms with van der Waals surface area (Å²) in [7, 11) is 1.43. The van der Waals surface area contributed by atoms with Gasteiger partial charge in [0.15, 0.2) is 17.3 Å². The summed E-state index contributed by atoms with van der Waals surface area (Å²) in [6.45, 7) is 3.52. The predicted octanol–water partition coefficient (Wildman–Crippen LogP) is 1.71. The zero-order chi connectivity index (χ0) is 21.0. The van der Waals surface area contributed by atoms with E-state index >= 15 is 0 Å². The van der Waals surface area contributed by atoms with Gasteiger partial charge in [-0.05, 0) is 13.8 Å². The van der Waals surface area contributed by atoms with Crippen molar-refractivity contribution in [3.8, 4) is 0 Å². The molecule has 1 aromatic heterocycles. The molecule has 0 N–H and O–H groups in total. The Balaban J connectivity index is 2.09. The first kappa shape index (κ1) is 20.7. The molecular formula is C20H23N3O6. The molecule has 0 radical (unpaired) electrons. The summed E-state index contributed by atoms with van der Waals surface area (Å²) in [6.07, 6.45) is -0.931. The molecule has 0 saturated heterocycles. The molecule has 1 atom stereocenters. The summed E-state index contributed by atoms with van der Waals surface area (Å²) in [6, 6.07) is 8.60. The number of rotatable bonds is 7. The summed E-state index contributed by atoms with van der Waals surface area (Å²) in [5, 5.41) is 8.08. The van der Waals surface area contributed by atoms with E-state index in [9.17, 15) is 14.4 Å². The Morgan fingerprint density at radius 1 is 1.10 bits per heavy atom. The first-order valence-electron chi connectivity index (χ1n) is 9.39. The zero-order valence-electron chi connectivity index (χ0n) is 16.6. The van der Waals surface area contributed by atoms with Crippen molar-refractivity contribution in [3.05, 3.63) is 47.3 Å².